The molecular formula is C62H120N6O4. The summed E-state index contributed by atoms with van der Waals surface area (Å²) in [4.78, 5) is 63.0. The molecule has 2 N–H and O–H groups in total. The number of hydrogen-bond donors (Lipinski definition) is 2. The predicted octanol–water partition coefficient (Wildman–Crippen LogP) is 14.5. The molecular weight excluding hydrogens is 893 g/mol. The van der Waals surface area contributed by atoms with Crippen molar-refractivity contribution in [1.82, 2.24) is 30.2 Å². The minimum Gasteiger partial charge on any atom is -0.354 e. The minimum absolute atomic E-state index is 0.00635. The molecule has 10 heteroatoms. The number of allylic oxidation sites excluding steroid dienone is 4. The van der Waals surface area contributed by atoms with Crippen molar-refractivity contribution in [3.63, 3.8) is 0 Å². The molecule has 0 fully saturated rings. The van der Waals surface area contributed by atoms with Gasteiger partial charge in [0.05, 0.1) is 0 Å². The van der Waals surface area contributed by atoms with Gasteiger partial charge in [-0.25, -0.2) is 0 Å². The molecule has 0 spiro atoms. The number of hydrogen-bond acceptors (Lipinski definition) is 6. The SMILES string of the molecule is CCCCCCCC/C=C\CCCCCCCC(=O)N(CCCN(C)C)C(C(=O)NCCCCCCNC(=O)C(C(C)C)N(CCCN(C)C)C(=O)CCCCCCC/C=C\CCCCCCCC)C(C)C. The number of carbonyl (C=O) groups is 4. The van der Waals surface area contributed by atoms with Gasteiger partial charge in [-0.3, -0.25) is 19.2 Å². The smallest absolute Gasteiger partial charge is 0.243 e. The first-order valence-corrected chi connectivity index (χ1v) is 30.5. The highest BCUT2D eigenvalue weighted by Gasteiger charge is 2.33. The van der Waals surface area contributed by atoms with Crippen LogP contribution in [0.4, 0.5) is 0 Å². The lowest BCUT2D eigenvalue weighted by molar-refractivity contribution is -0.142. The van der Waals surface area contributed by atoms with Crippen LogP contribution in [-0.2, 0) is 19.2 Å². The van der Waals surface area contributed by atoms with Gasteiger partial charge in [0.15, 0.2) is 0 Å². The second-order valence-corrected chi connectivity index (χ2v) is 22.5. The molecule has 0 aromatic carbocycles. The summed E-state index contributed by atoms with van der Waals surface area (Å²) in [6.45, 7) is 16.8. The molecule has 10 nitrogen and oxygen atoms in total. The van der Waals surface area contributed by atoms with Crippen molar-refractivity contribution in [2.75, 3.05) is 67.5 Å². The van der Waals surface area contributed by atoms with Gasteiger partial charge in [-0.1, -0.05) is 181 Å². The molecule has 0 aromatic heterocycles. The lowest BCUT2D eigenvalue weighted by atomic mass is 9.99. The van der Waals surface area contributed by atoms with Gasteiger partial charge in [-0.15, -0.1) is 0 Å². The molecule has 0 rings (SSSR count). The lowest BCUT2D eigenvalue weighted by Gasteiger charge is -2.34. The normalized spacial score (nSPS) is 12.8. The Kier molecular flexibility index (Phi) is 47.3. The number of nitrogens with one attached hydrogen (secondary N) is 2. The fraction of sp³-hybridized carbons (Fsp3) is 0.871. The van der Waals surface area contributed by atoms with Crippen LogP contribution >= 0.6 is 0 Å². The first-order chi connectivity index (χ1) is 34.8. The largest absolute Gasteiger partial charge is 0.354 e. The molecule has 0 heterocycles. The fourth-order valence-electron chi connectivity index (χ4n) is 9.78. The summed E-state index contributed by atoms with van der Waals surface area (Å²) in [5, 5.41) is 6.37. The number of carbonyl (C=O) groups excluding carboxylic acids is 4. The molecule has 0 saturated heterocycles. The molecule has 0 aromatic rings. The van der Waals surface area contributed by atoms with Crippen molar-refractivity contribution < 1.29 is 19.2 Å². The summed E-state index contributed by atoms with van der Waals surface area (Å²) < 4.78 is 0. The molecule has 0 saturated carbocycles. The third-order valence-corrected chi connectivity index (χ3v) is 14.1. The van der Waals surface area contributed by atoms with E-state index in [0.717, 1.165) is 103 Å². The molecule has 2 unspecified atom stereocenters. The first-order valence-electron chi connectivity index (χ1n) is 30.5. The third kappa shape index (κ3) is 39.7. The maximum Gasteiger partial charge on any atom is 0.243 e. The Hall–Kier alpha value is -2.72. The molecule has 0 aliphatic carbocycles. The maximum absolute atomic E-state index is 13.8. The average Bonchev–Trinajstić information content (AvgIpc) is 3.33. The molecule has 0 radical (unpaired) electrons. The Labute approximate surface area is 446 Å². The number of rotatable bonds is 51. The molecule has 0 bridgehead atoms. The van der Waals surface area contributed by atoms with E-state index in [0.29, 0.717) is 39.0 Å². The maximum atomic E-state index is 13.8. The molecule has 422 valence electrons. The topological polar surface area (TPSA) is 105 Å². The van der Waals surface area contributed by atoms with Gasteiger partial charge in [0.2, 0.25) is 23.6 Å². The first kappa shape index (κ1) is 69.3. The summed E-state index contributed by atoms with van der Waals surface area (Å²) in [5.74, 6) is 0.102. The zero-order valence-corrected chi connectivity index (χ0v) is 49.3. The Balaban J connectivity index is 4.87. The van der Waals surface area contributed by atoms with Gasteiger partial charge >= 0.3 is 0 Å². The zero-order valence-electron chi connectivity index (χ0n) is 49.3. The Morgan fingerprint density at radius 2 is 0.639 bits per heavy atom. The van der Waals surface area contributed by atoms with E-state index in [1.807, 2.05) is 38.0 Å². The quantitative estimate of drug-likeness (QED) is 0.0465. The monoisotopic (exact) mass is 1010 g/mol. The van der Waals surface area contributed by atoms with Crippen LogP contribution in [0.2, 0.25) is 0 Å². The van der Waals surface area contributed by atoms with E-state index in [4.69, 9.17) is 0 Å². The van der Waals surface area contributed by atoms with Crippen LogP contribution in [0.1, 0.15) is 260 Å². The van der Waals surface area contributed by atoms with Crippen LogP contribution in [0.25, 0.3) is 0 Å². The van der Waals surface area contributed by atoms with Crippen molar-refractivity contribution in [3.8, 4) is 0 Å². The highest BCUT2D eigenvalue weighted by atomic mass is 16.2. The number of unbranched alkanes of at least 4 members (excludes halogenated alkanes) is 25. The van der Waals surface area contributed by atoms with E-state index < -0.39 is 12.1 Å². The Morgan fingerprint density at radius 1 is 0.361 bits per heavy atom. The Bertz CT molecular complexity index is 1250. The van der Waals surface area contributed by atoms with Crippen molar-refractivity contribution in [2.24, 2.45) is 11.8 Å². The van der Waals surface area contributed by atoms with Crippen LogP contribution < -0.4 is 10.6 Å². The van der Waals surface area contributed by atoms with Crippen LogP contribution in [0.3, 0.4) is 0 Å². The van der Waals surface area contributed by atoms with Gasteiger partial charge < -0.3 is 30.2 Å². The standard InChI is InChI=1S/C62H120N6O4/c1-11-13-15-17-19-21-23-25-27-29-31-33-35-37-41-47-57(69)67(53-45-51-65(7)8)59(55(3)4)61(71)63-49-43-39-40-44-50-64-62(72)60(56(5)6)68(54-46-52-66(9)10)58(70)48-42-38-36-34-32-30-28-26-24-22-20-18-16-14-12-2/h25-28,55-56,59-60H,11-24,29-54H2,1-10H3,(H,63,71)(H,64,72)/b27-25-,28-26-. The van der Waals surface area contributed by atoms with Gasteiger partial charge in [0.25, 0.3) is 0 Å². The van der Waals surface area contributed by atoms with Gasteiger partial charge in [0, 0.05) is 39.0 Å². The average molecular weight is 1010 g/mol. The van der Waals surface area contributed by atoms with E-state index >= 15 is 0 Å². The predicted molar refractivity (Wildman–Crippen MR) is 310 cm³/mol. The third-order valence-electron chi connectivity index (χ3n) is 14.1. The van der Waals surface area contributed by atoms with Crippen molar-refractivity contribution in [3.05, 3.63) is 24.3 Å². The summed E-state index contributed by atoms with van der Waals surface area (Å²) >= 11 is 0. The van der Waals surface area contributed by atoms with Crippen LogP contribution in [-0.4, -0.2) is 123 Å². The van der Waals surface area contributed by atoms with Crippen LogP contribution in [0.5, 0.6) is 0 Å². The molecule has 72 heavy (non-hydrogen) atoms. The van der Waals surface area contributed by atoms with E-state index in [-0.39, 0.29) is 35.5 Å². The highest BCUT2D eigenvalue weighted by Crippen LogP contribution is 2.19. The van der Waals surface area contributed by atoms with E-state index in [1.54, 1.807) is 0 Å². The number of amides is 4. The molecule has 0 aliphatic heterocycles. The summed E-state index contributed by atoms with van der Waals surface area (Å²) in [6, 6.07) is -0.966. The van der Waals surface area contributed by atoms with Crippen molar-refractivity contribution in [2.45, 2.75) is 272 Å². The molecule has 2 atom stereocenters. The summed E-state index contributed by atoms with van der Waals surface area (Å²) in [6.07, 6.45) is 47.5. The molecule has 4 amide bonds. The van der Waals surface area contributed by atoms with Gasteiger partial charge in [0.1, 0.15) is 12.1 Å². The van der Waals surface area contributed by atoms with E-state index in [9.17, 15) is 19.2 Å². The second-order valence-electron chi connectivity index (χ2n) is 22.5. The van der Waals surface area contributed by atoms with E-state index in [1.165, 1.54) is 116 Å². The highest BCUT2D eigenvalue weighted by molar-refractivity contribution is 5.88. The van der Waals surface area contributed by atoms with Gasteiger partial charge in [-0.05, 0) is 143 Å². The van der Waals surface area contributed by atoms with Crippen molar-refractivity contribution >= 4 is 23.6 Å². The molecule has 0 aliphatic rings. The summed E-state index contributed by atoms with van der Waals surface area (Å²) in [5.41, 5.74) is 0. The Morgan fingerprint density at radius 3 is 0.931 bits per heavy atom. The zero-order chi connectivity index (χ0) is 53.5. The second kappa shape index (κ2) is 49.2. The summed E-state index contributed by atoms with van der Waals surface area (Å²) in [7, 11) is 8.19. The van der Waals surface area contributed by atoms with E-state index in [2.05, 4.69) is 86.3 Å². The van der Waals surface area contributed by atoms with Gasteiger partial charge in [-0.2, -0.15) is 0 Å². The number of nitrogens with zero attached hydrogens (tertiary/aromatic N) is 4. The lowest BCUT2D eigenvalue weighted by Crippen LogP contribution is -2.53. The fourth-order valence-corrected chi connectivity index (χ4v) is 9.78. The minimum atomic E-state index is -0.483. The van der Waals surface area contributed by atoms with Crippen molar-refractivity contribution in [1.29, 1.82) is 0 Å². The van der Waals surface area contributed by atoms with Crippen LogP contribution in [0, 0.1) is 11.8 Å². The van der Waals surface area contributed by atoms with Crippen LogP contribution in [0.15, 0.2) is 24.3 Å².